The third-order valence-corrected chi connectivity index (χ3v) is 4.50. The topological polar surface area (TPSA) is 39.7 Å². The fourth-order valence-corrected chi connectivity index (χ4v) is 3.34. The average molecular weight is 409 g/mol. The van der Waals surface area contributed by atoms with Crippen molar-refractivity contribution in [3.8, 4) is 5.75 Å². The molecule has 0 bridgehead atoms. The zero-order chi connectivity index (χ0) is 14.5. The molecule has 0 amide bonds. The van der Waals surface area contributed by atoms with Crippen molar-refractivity contribution < 1.29 is 14.2 Å². The van der Waals surface area contributed by atoms with Crippen LogP contribution in [0.5, 0.6) is 5.75 Å². The second-order valence-electron chi connectivity index (χ2n) is 4.69. The molecule has 1 aromatic rings. The first-order valence-electron chi connectivity index (χ1n) is 6.55. The highest BCUT2D eigenvalue weighted by atomic mass is 79.9. The van der Waals surface area contributed by atoms with Gasteiger partial charge in [0.1, 0.15) is 18.0 Å². The summed E-state index contributed by atoms with van der Waals surface area (Å²) < 4.78 is 18.8. The molecule has 1 aromatic carbocycles. The van der Waals surface area contributed by atoms with Crippen molar-refractivity contribution in [3.63, 3.8) is 0 Å². The Morgan fingerprint density at radius 1 is 1.30 bits per heavy atom. The van der Waals surface area contributed by atoms with Gasteiger partial charge in [0.15, 0.2) is 0 Å². The van der Waals surface area contributed by atoms with E-state index in [9.17, 15) is 0 Å². The van der Waals surface area contributed by atoms with Crippen molar-refractivity contribution >= 4 is 31.9 Å². The van der Waals surface area contributed by atoms with Crippen LogP contribution in [0.15, 0.2) is 27.1 Å². The highest BCUT2D eigenvalue weighted by Gasteiger charge is 2.43. The number of hydrogen-bond acceptors (Lipinski definition) is 4. The van der Waals surface area contributed by atoms with Crippen molar-refractivity contribution in [2.75, 3.05) is 27.4 Å². The van der Waals surface area contributed by atoms with Gasteiger partial charge in [0.25, 0.3) is 0 Å². The summed E-state index contributed by atoms with van der Waals surface area (Å²) in [5.74, 6) is 0.841. The van der Waals surface area contributed by atoms with E-state index in [1.807, 2.05) is 25.2 Å². The lowest BCUT2D eigenvalue weighted by Crippen LogP contribution is -2.60. The maximum Gasteiger partial charge on any atom is 0.134 e. The van der Waals surface area contributed by atoms with Gasteiger partial charge in [-0.1, -0.05) is 15.9 Å². The molecule has 20 heavy (non-hydrogen) atoms. The molecule has 1 N–H and O–H groups in total. The van der Waals surface area contributed by atoms with Crippen LogP contribution >= 0.6 is 31.9 Å². The van der Waals surface area contributed by atoms with Crippen LogP contribution < -0.4 is 10.1 Å². The Kier molecular flexibility index (Phi) is 6.29. The smallest absolute Gasteiger partial charge is 0.134 e. The number of rotatable bonds is 7. The average Bonchev–Trinajstić information content (AvgIpc) is 2.41. The summed E-state index contributed by atoms with van der Waals surface area (Å²) in [6.07, 6.45) is 1.07. The summed E-state index contributed by atoms with van der Waals surface area (Å²) in [6.45, 7) is 1.18. The molecular weight excluding hydrogens is 390 g/mol. The minimum absolute atomic E-state index is 0.0608. The Balaban J connectivity index is 1.94. The molecule has 1 aliphatic carbocycles. The predicted molar refractivity (Wildman–Crippen MR) is 85.3 cm³/mol. The summed E-state index contributed by atoms with van der Waals surface area (Å²) in [5.41, 5.74) is 0. The van der Waals surface area contributed by atoms with E-state index >= 15 is 0 Å². The van der Waals surface area contributed by atoms with Crippen LogP contribution in [0.2, 0.25) is 0 Å². The van der Waals surface area contributed by atoms with E-state index in [2.05, 4.69) is 37.2 Å². The largest absolute Gasteiger partial charge is 0.486 e. The summed E-state index contributed by atoms with van der Waals surface area (Å²) in [5, 5.41) is 3.25. The van der Waals surface area contributed by atoms with Crippen molar-refractivity contribution in [3.05, 3.63) is 27.1 Å². The molecule has 0 aliphatic heterocycles. The molecule has 0 heterocycles. The van der Waals surface area contributed by atoms with Crippen LogP contribution in [0.25, 0.3) is 0 Å². The van der Waals surface area contributed by atoms with E-state index in [-0.39, 0.29) is 12.2 Å². The summed E-state index contributed by atoms with van der Waals surface area (Å²) in [7, 11) is 3.62. The Morgan fingerprint density at radius 2 is 2.10 bits per heavy atom. The fraction of sp³-hybridized carbons (Fsp3) is 0.571. The van der Waals surface area contributed by atoms with Crippen LogP contribution in [0.4, 0.5) is 0 Å². The second-order valence-corrected chi connectivity index (χ2v) is 6.46. The van der Waals surface area contributed by atoms with E-state index in [0.29, 0.717) is 19.3 Å². The SMILES string of the molecule is CNC1CC(Oc2ccc(Br)cc2Br)C1OCCOC. The van der Waals surface area contributed by atoms with Crippen molar-refractivity contribution in [2.45, 2.75) is 24.7 Å². The number of benzene rings is 1. The first kappa shape index (κ1) is 16.2. The molecule has 3 atom stereocenters. The quantitative estimate of drug-likeness (QED) is 0.704. The number of nitrogens with one attached hydrogen (secondary N) is 1. The van der Waals surface area contributed by atoms with Gasteiger partial charge in [0.05, 0.1) is 17.7 Å². The van der Waals surface area contributed by atoms with Crippen molar-refractivity contribution in [2.24, 2.45) is 0 Å². The molecule has 6 heteroatoms. The van der Waals surface area contributed by atoms with Gasteiger partial charge in [-0.2, -0.15) is 0 Å². The number of ether oxygens (including phenoxy) is 3. The predicted octanol–water partition coefficient (Wildman–Crippen LogP) is 2.98. The molecule has 2 rings (SSSR count). The van der Waals surface area contributed by atoms with Crippen molar-refractivity contribution in [1.29, 1.82) is 0 Å². The first-order chi connectivity index (χ1) is 9.65. The van der Waals surface area contributed by atoms with Gasteiger partial charge < -0.3 is 19.5 Å². The molecule has 3 unspecified atom stereocenters. The standard InChI is InChI=1S/C14H19Br2NO3/c1-17-11-8-13(14(11)19-6-5-18-2)20-12-4-3-9(15)7-10(12)16/h3-4,7,11,13-14,17H,5-6,8H2,1-2H3. The lowest BCUT2D eigenvalue weighted by atomic mass is 9.85. The molecule has 1 fully saturated rings. The molecular formula is C14H19Br2NO3. The molecule has 1 aliphatic rings. The highest BCUT2D eigenvalue weighted by Crippen LogP contribution is 2.34. The van der Waals surface area contributed by atoms with E-state index < -0.39 is 0 Å². The molecule has 0 spiro atoms. The number of likely N-dealkylation sites (N-methyl/N-ethyl adjacent to an activating group) is 1. The van der Waals surface area contributed by atoms with E-state index in [1.165, 1.54) is 0 Å². The molecule has 1 saturated carbocycles. The third-order valence-electron chi connectivity index (χ3n) is 3.39. The van der Waals surface area contributed by atoms with Crippen LogP contribution in [0.3, 0.4) is 0 Å². The van der Waals surface area contributed by atoms with Crippen LogP contribution in [-0.4, -0.2) is 45.6 Å². The zero-order valence-electron chi connectivity index (χ0n) is 11.6. The van der Waals surface area contributed by atoms with Gasteiger partial charge in [-0.05, 0) is 41.2 Å². The Morgan fingerprint density at radius 3 is 2.75 bits per heavy atom. The van der Waals surface area contributed by atoms with E-state index in [4.69, 9.17) is 14.2 Å². The lowest BCUT2D eigenvalue weighted by Gasteiger charge is -2.43. The molecule has 4 nitrogen and oxygen atoms in total. The molecule has 0 radical (unpaired) electrons. The Bertz CT molecular complexity index is 444. The van der Waals surface area contributed by atoms with Gasteiger partial charge in [-0.15, -0.1) is 0 Å². The van der Waals surface area contributed by atoms with Crippen LogP contribution in [-0.2, 0) is 9.47 Å². The summed E-state index contributed by atoms with van der Waals surface area (Å²) >= 11 is 6.95. The maximum absolute atomic E-state index is 6.04. The number of halogens is 2. The normalized spacial score (nSPS) is 25.3. The van der Waals surface area contributed by atoms with Crippen LogP contribution in [0, 0.1) is 0 Å². The second kappa shape index (κ2) is 7.75. The number of hydrogen-bond donors (Lipinski definition) is 1. The van der Waals surface area contributed by atoms with Crippen molar-refractivity contribution in [1.82, 2.24) is 5.32 Å². The van der Waals surface area contributed by atoms with Gasteiger partial charge in [0.2, 0.25) is 0 Å². The zero-order valence-corrected chi connectivity index (χ0v) is 14.7. The Hall–Kier alpha value is -0.140. The monoisotopic (exact) mass is 407 g/mol. The summed E-state index contributed by atoms with van der Waals surface area (Å²) in [6, 6.07) is 6.23. The van der Waals surface area contributed by atoms with Gasteiger partial charge >= 0.3 is 0 Å². The van der Waals surface area contributed by atoms with E-state index in [1.54, 1.807) is 7.11 Å². The fourth-order valence-electron chi connectivity index (χ4n) is 2.20. The minimum Gasteiger partial charge on any atom is -0.486 e. The Labute approximate surface area is 136 Å². The highest BCUT2D eigenvalue weighted by molar-refractivity contribution is 9.11. The molecule has 112 valence electrons. The molecule has 0 saturated heterocycles. The van der Waals surface area contributed by atoms with Gasteiger partial charge in [-0.3, -0.25) is 0 Å². The van der Waals surface area contributed by atoms with Gasteiger partial charge in [-0.25, -0.2) is 0 Å². The van der Waals surface area contributed by atoms with E-state index in [0.717, 1.165) is 21.1 Å². The van der Waals surface area contributed by atoms with Gasteiger partial charge in [0, 0.05) is 24.0 Å². The third kappa shape index (κ3) is 3.95. The minimum atomic E-state index is 0.0608. The maximum atomic E-state index is 6.04. The van der Waals surface area contributed by atoms with Crippen LogP contribution in [0.1, 0.15) is 6.42 Å². The lowest BCUT2D eigenvalue weighted by molar-refractivity contribution is -0.114. The first-order valence-corrected chi connectivity index (χ1v) is 8.13. The molecule has 0 aromatic heterocycles. The summed E-state index contributed by atoms with van der Waals surface area (Å²) in [4.78, 5) is 0. The number of methoxy groups -OCH3 is 1.